The Morgan fingerprint density at radius 2 is 1.95 bits per heavy atom. The predicted octanol–water partition coefficient (Wildman–Crippen LogP) is 3.93. The topological polar surface area (TPSA) is 48.5 Å². The Bertz CT molecular complexity index is 764. The van der Waals surface area contributed by atoms with E-state index in [2.05, 4.69) is 15.3 Å². The van der Waals surface area contributed by atoms with Crippen LogP contribution >= 0.6 is 34.8 Å². The fourth-order valence-corrected chi connectivity index (χ4v) is 2.71. The molecule has 1 aromatic carbocycles. The smallest absolute Gasteiger partial charge is 0.127 e. The molecule has 110 valence electrons. The third-order valence-electron chi connectivity index (χ3n) is 3.20. The lowest BCUT2D eigenvalue weighted by Crippen LogP contribution is -2.11. The first kappa shape index (κ1) is 14.6. The molecule has 0 fully saturated rings. The van der Waals surface area contributed by atoms with Gasteiger partial charge in [-0.15, -0.1) is 16.7 Å². The second-order valence-electron chi connectivity index (χ2n) is 4.66. The Kier molecular flexibility index (Phi) is 4.06. The van der Waals surface area contributed by atoms with E-state index in [0.717, 1.165) is 16.9 Å². The highest BCUT2D eigenvalue weighted by Gasteiger charge is 2.16. The molecule has 1 atom stereocenters. The zero-order valence-corrected chi connectivity index (χ0v) is 13.4. The summed E-state index contributed by atoms with van der Waals surface area (Å²) in [5.74, 6) is 0.783. The van der Waals surface area contributed by atoms with Crippen LogP contribution in [0.5, 0.6) is 0 Å². The third kappa shape index (κ3) is 2.86. The van der Waals surface area contributed by atoms with E-state index in [1.807, 2.05) is 23.8 Å². The number of aromatic nitrogens is 5. The SMILES string of the molecule is CC(Cl)c1nc2cc(Cl)c(Cl)cc2n1CCn1ccnn1. The number of halogens is 3. The number of hydrogen-bond acceptors (Lipinski definition) is 3. The quantitative estimate of drug-likeness (QED) is 0.674. The molecule has 0 saturated heterocycles. The van der Waals surface area contributed by atoms with E-state index in [4.69, 9.17) is 34.8 Å². The number of benzene rings is 1. The summed E-state index contributed by atoms with van der Waals surface area (Å²) >= 11 is 18.4. The maximum absolute atomic E-state index is 6.24. The molecule has 0 saturated carbocycles. The van der Waals surface area contributed by atoms with Crippen molar-refractivity contribution >= 4 is 45.8 Å². The fourth-order valence-electron chi connectivity index (χ4n) is 2.23. The Balaban J connectivity index is 2.04. The van der Waals surface area contributed by atoms with Gasteiger partial charge in [-0.2, -0.15) is 0 Å². The average Bonchev–Trinajstić information content (AvgIpc) is 3.05. The van der Waals surface area contributed by atoms with Crippen molar-refractivity contribution in [1.82, 2.24) is 24.5 Å². The van der Waals surface area contributed by atoms with Crippen LogP contribution < -0.4 is 0 Å². The zero-order chi connectivity index (χ0) is 15.0. The number of nitrogens with zero attached hydrogens (tertiary/aromatic N) is 5. The molecule has 3 aromatic rings. The van der Waals surface area contributed by atoms with Crippen LogP contribution in [0.3, 0.4) is 0 Å². The van der Waals surface area contributed by atoms with Crippen molar-refractivity contribution in [3.8, 4) is 0 Å². The number of hydrogen-bond donors (Lipinski definition) is 0. The van der Waals surface area contributed by atoms with Gasteiger partial charge in [-0.1, -0.05) is 28.4 Å². The van der Waals surface area contributed by atoms with Crippen LogP contribution in [0.1, 0.15) is 18.1 Å². The Morgan fingerprint density at radius 1 is 1.19 bits per heavy atom. The van der Waals surface area contributed by atoms with Crippen LogP contribution in [-0.2, 0) is 13.1 Å². The lowest BCUT2D eigenvalue weighted by Gasteiger charge is -2.10. The Labute approximate surface area is 136 Å². The van der Waals surface area contributed by atoms with E-state index in [9.17, 15) is 0 Å². The largest absolute Gasteiger partial charge is 0.325 e. The molecule has 0 spiro atoms. The second-order valence-corrected chi connectivity index (χ2v) is 6.13. The molecule has 0 N–H and O–H groups in total. The van der Waals surface area contributed by atoms with Gasteiger partial charge in [0.2, 0.25) is 0 Å². The maximum Gasteiger partial charge on any atom is 0.127 e. The van der Waals surface area contributed by atoms with Gasteiger partial charge in [-0.25, -0.2) is 4.98 Å². The lowest BCUT2D eigenvalue weighted by molar-refractivity contribution is 0.515. The molecule has 1 unspecified atom stereocenters. The highest BCUT2D eigenvalue weighted by Crippen LogP contribution is 2.31. The second kappa shape index (κ2) is 5.83. The van der Waals surface area contributed by atoms with Crippen molar-refractivity contribution in [3.63, 3.8) is 0 Å². The first-order chi connectivity index (χ1) is 10.1. The zero-order valence-electron chi connectivity index (χ0n) is 11.2. The molecule has 8 heteroatoms. The van der Waals surface area contributed by atoms with E-state index < -0.39 is 0 Å². The van der Waals surface area contributed by atoms with E-state index in [1.54, 1.807) is 16.9 Å². The summed E-state index contributed by atoms with van der Waals surface area (Å²) in [6.45, 7) is 3.23. The average molecular weight is 345 g/mol. The van der Waals surface area contributed by atoms with E-state index >= 15 is 0 Å². The van der Waals surface area contributed by atoms with Crippen molar-refractivity contribution < 1.29 is 0 Å². The third-order valence-corrected chi connectivity index (χ3v) is 4.12. The van der Waals surface area contributed by atoms with Gasteiger partial charge in [0.1, 0.15) is 5.82 Å². The molecular weight excluding hydrogens is 333 g/mol. The van der Waals surface area contributed by atoms with Crippen molar-refractivity contribution in [2.75, 3.05) is 0 Å². The van der Waals surface area contributed by atoms with Gasteiger partial charge in [0.25, 0.3) is 0 Å². The molecule has 0 aliphatic carbocycles. The molecule has 2 aromatic heterocycles. The van der Waals surface area contributed by atoms with E-state index in [1.165, 1.54) is 0 Å². The predicted molar refractivity (Wildman–Crippen MR) is 84.0 cm³/mol. The number of aryl methyl sites for hydroxylation is 2. The number of imidazole rings is 1. The molecule has 3 rings (SSSR count). The van der Waals surface area contributed by atoms with Gasteiger partial charge in [0, 0.05) is 12.7 Å². The maximum atomic E-state index is 6.24. The van der Waals surface area contributed by atoms with E-state index in [-0.39, 0.29) is 5.38 Å². The van der Waals surface area contributed by atoms with Gasteiger partial charge >= 0.3 is 0 Å². The standard InChI is InChI=1S/C13H12Cl3N5/c1-8(14)13-18-11-6-9(15)10(16)7-12(11)21(13)5-4-20-3-2-17-19-20/h2-3,6-8H,4-5H2,1H3. The highest BCUT2D eigenvalue weighted by molar-refractivity contribution is 6.42. The fraction of sp³-hybridized carbons (Fsp3) is 0.308. The minimum atomic E-state index is -0.217. The monoisotopic (exact) mass is 343 g/mol. The van der Waals surface area contributed by atoms with Crippen LogP contribution in [0.2, 0.25) is 10.0 Å². The van der Waals surface area contributed by atoms with Crippen molar-refractivity contribution in [1.29, 1.82) is 0 Å². The molecule has 2 heterocycles. The molecule has 0 amide bonds. The molecule has 5 nitrogen and oxygen atoms in total. The Hall–Kier alpha value is -1.30. The molecule has 21 heavy (non-hydrogen) atoms. The Morgan fingerprint density at radius 3 is 2.62 bits per heavy atom. The molecule has 0 aliphatic rings. The normalized spacial score (nSPS) is 13.0. The highest BCUT2D eigenvalue weighted by atomic mass is 35.5. The minimum Gasteiger partial charge on any atom is -0.325 e. The van der Waals surface area contributed by atoms with Gasteiger partial charge in [-0.3, -0.25) is 4.68 Å². The summed E-state index contributed by atoms with van der Waals surface area (Å²) in [5.41, 5.74) is 1.69. The van der Waals surface area contributed by atoms with Crippen LogP contribution in [-0.4, -0.2) is 24.5 Å². The lowest BCUT2D eigenvalue weighted by atomic mass is 10.3. The molecular formula is C13H12Cl3N5. The summed E-state index contributed by atoms with van der Waals surface area (Å²) < 4.78 is 3.79. The summed E-state index contributed by atoms with van der Waals surface area (Å²) in [6, 6.07) is 3.57. The number of alkyl halides is 1. The van der Waals surface area contributed by atoms with Crippen molar-refractivity contribution in [3.05, 3.63) is 40.4 Å². The van der Waals surface area contributed by atoms with Crippen molar-refractivity contribution in [2.45, 2.75) is 25.4 Å². The molecule has 0 aliphatic heterocycles. The number of fused-ring (bicyclic) bond motifs is 1. The van der Waals surface area contributed by atoms with Gasteiger partial charge < -0.3 is 4.57 Å². The molecule has 0 bridgehead atoms. The minimum absolute atomic E-state index is 0.217. The molecule has 0 radical (unpaired) electrons. The van der Waals surface area contributed by atoms with Crippen LogP contribution in [0.15, 0.2) is 24.5 Å². The van der Waals surface area contributed by atoms with Gasteiger partial charge in [-0.05, 0) is 19.1 Å². The summed E-state index contributed by atoms with van der Waals surface area (Å²) in [5, 5.41) is 8.51. The van der Waals surface area contributed by atoms with Gasteiger partial charge in [0.05, 0.1) is 39.2 Å². The van der Waals surface area contributed by atoms with E-state index in [0.29, 0.717) is 23.1 Å². The number of rotatable bonds is 4. The van der Waals surface area contributed by atoms with Crippen LogP contribution in [0, 0.1) is 0 Å². The summed E-state index contributed by atoms with van der Waals surface area (Å²) in [4.78, 5) is 4.56. The van der Waals surface area contributed by atoms with Crippen LogP contribution in [0.25, 0.3) is 11.0 Å². The van der Waals surface area contributed by atoms with Gasteiger partial charge in [0.15, 0.2) is 0 Å². The first-order valence-electron chi connectivity index (χ1n) is 6.39. The van der Waals surface area contributed by atoms with Crippen molar-refractivity contribution in [2.24, 2.45) is 0 Å². The summed E-state index contributed by atoms with van der Waals surface area (Å²) in [6.07, 6.45) is 3.46. The van der Waals surface area contributed by atoms with Crippen LogP contribution in [0.4, 0.5) is 0 Å². The first-order valence-corrected chi connectivity index (χ1v) is 7.59. The summed E-state index contributed by atoms with van der Waals surface area (Å²) in [7, 11) is 0.